The maximum atomic E-state index is 11.9. The Morgan fingerprint density at radius 3 is 2.50 bits per heavy atom. The molecule has 1 fully saturated rings. The molecule has 8 heteroatoms. The molecule has 0 radical (unpaired) electrons. The number of hydrogen-bond donors (Lipinski definition) is 0. The molecule has 0 aromatic heterocycles. The third-order valence-corrected chi connectivity index (χ3v) is 6.73. The molecule has 1 saturated heterocycles. The Hall–Kier alpha value is -1.15. The molecule has 0 aliphatic carbocycles. The number of likely N-dealkylation sites (tertiary alicyclic amines) is 1. The predicted molar refractivity (Wildman–Crippen MR) is 104 cm³/mol. The number of benzene rings is 1. The first-order chi connectivity index (χ1) is 12.4. The van der Waals surface area contributed by atoms with E-state index in [9.17, 15) is 8.42 Å². The fourth-order valence-corrected chi connectivity index (χ4v) is 5.13. The Morgan fingerprint density at radius 2 is 1.92 bits per heavy atom. The number of nitrogens with zero attached hydrogens (tertiary/aromatic N) is 3. The summed E-state index contributed by atoms with van der Waals surface area (Å²) >= 11 is 5.93. The molecular weight excluding hydrogens is 374 g/mol. The molecule has 0 saturated carbocycles. The lowest BCUT2D eigenvalue weighted by atomic mass is 10.0. The van der Waals surface area contributed by atoms with Crippen molar-refractivity contribution >= 4 is 27.3 Å². The van der Waals surface area contributed by atoms with Gasteiger partial charge in [0.05, 0.1) is 12.0 Å². The molecule has 3 rings (SSSR count). The van der Waals surface area contributed by atoms with Crippen molar-refractivity contribution in [3.8, 4) is 0 Å². The van der Waals surface area contributed by atoms with Crippen molar-refractivity contribution in [2.24, 2.45) is 5.16 Å². The van der Waals surface area contributed by atoms with E-state index in [1.54, 1.807) is 4.31 Å². The summed E-state index contributed by atoms with van der Waals surface area (Å²) in [6, 6.07) is 7.75. The zero-order valence-corrected chi connectivity index (χ0v) is 16.8. The van der Waals surface area contributed by atoms with Crippen LogP contribution < -0.4 is 0 Å². The zero-order chi connectivity index (χ0) is 18.7. The molecule has 2 aliphatic rings. The smallest absolute Gasteiger partial charge is 0.211 e. The van der Waals surface area contributed by atoms with Gasteiger partial charge < -0.3 is 4.84 Å². The number of halogens is 1. The summed E-state index contributed by atoms with van der Waals surface area (Å²) in [5, 5.41) is 4.94. The van der Waals surface area contributed by atoms with Gasteiger partial charge in [-0.25, -0.2) is 8.42 Å². The Kier molecular flexibility index (Phi) is 6.22. The van der Waals surface area contributed by atoms with Gasteiger partial charge in [-0.05, 0) is 43.6 Å². The third kappa shape index (κ3) is 4.76. The summed E-state index contributed by atoms with van der Waals surface area (Å²) in [5.41, 5.74) is 2.00. The highest BCUT2D eigenvalue weighted by atomic mass is 35.5. The highest BCUT2D eigenvalue weighted by Gasteiger charge is 2.31. The van der Waals surface area contributed by atoms with Crippen LogP contribution in [0, 0.1) is 0 Å². The standard InChI is InChI=1S/C18H26ClN3O3S/c1-3-22(26(2,23)24)16-8-10-21(11-9-16)13-17-12-18(20-25-17)14-4-6-15(19)7-5-14/h4-7,16-17H,3,8-13H2,1-2H3/t17-/m1/s1. The van der Waals surface area contributed by atoms with Crippen molar-refractivity contribution in [2.75, 3.05) is 32.4 Å². The number of sulfonamides is 1. The Balaban J connectivity index is 1.48. The average Bonchev–Trinajstić information content (AvgIpc) is 3.05. The number of oxime groups is 1. The lowest BCUT2D eigenvalue weighted by molar-refractivity contribution is 0.0407. The van der Waals surface area contributed by atoms with E-state index >= 15 is 0 Å². The molecule has 1 aromatic rings. The van der Waals surface area contributed by atoms with Crippen molar-refractivity contribution in [3.05, 3.63) is 34.9 Å². The molecule has 1 aromatic carbocycles. The van der Waals surface area contributed by atoms with Gasteiger partial charge in [-0.3, -0.25) is 4.90 Å². The molecule has 0 spiro atoms. The monoisotopic (exact) mass is 399 g/mol. The molecule has 0 unspecified atom stereocenters. The molecule has 0 bridgehead atoms. The minimum Gasteiger partial charge on any atom is -0.390 e. The van der Waals surface area contributed by atoms with Crippen LogP contribution in [0.5, 0.6) is 0 Å². The van der Waals surface area contributed by atoms with Crippen LogP contribution in [0.15, 0.2) is 29.4 Å². The maximum Gasteiger partial charge on any atom is 0.211 e. The van der Waals surface area contributed by atoms with Gasteiger partial charge in [0.2, 0.25) is 10.0 Å². The van der Waals surface area contributed by atoms with Crippen LogP contribution in [0.2, 0.25) is 5.02 Å². The van der Waals surface area contributed by atoms with E-state index in [2.05, 4.69) is 10.1 Å². The molecule has 0 amide bonds. The lowest BCUT2D eigenvalue weighted by Gasteiger charge is -2.37. The first-order valence-corrected chi connectivity index (χ1v) is 11.3. The first-order valence-electron chi connectivity index (χ1n) is 9.04. The largest absolute Gasteiger partial charge is 0.390 e. The average molecular weight is 400 g/mol. The highest BCUT2D eigenvalue weighted by molar-refractivity contribution is 7.88. The molecule has 6 nitrogen and oxygen atoms in total. The van der Waals surface area contributed by atoms with Crippen LogP contribution in [0.1, 0.15) is 31.7 Å². The molecule has 144 valence electrons. The Morgan fingerprint density at radius 1 is 1.27 bits per heavy atom. The van der Waals surface area contributed by atoms with Gasteiger partial charge in [-0.15, -0.1) is 0 Å². The second-order valence-electron chi connectivity index (χ2n) is 6.97. The van der Waals surface area contributed by atoms with Crippen molar-refractivity contribution < 1.29 is 13.3 Å². The van der Waals surface area contributed by atoms with Gasteiger partial charge in [-0.1, -0.05) is 35.8 Å². The fraction of sp³-hybridized carbons (Fsp3) is 0.611. The van der Waals surface area contributed by atoms with Gasteiger partial charge in [-0.2, -0.15) is 4.31 Å². The molecule has 2 heterocycles. The minimum atomic E-state index is -3.13. The van der Waals surface area contributed by atoms with Crippen LogP contribution in [0.25, 0.3) is 0 Å². The van der Waals surface area contributed by atoms with Gasteiger partial charge in [0.25, 0.3) is 0 Å². The van der Waals surface area contributed by atoms with Crippen LogP contribution in [-0.2, 0) is 14.9 Å². The van der Waals surface area contributed by atoms with Crippen LogP contribution in [0.4, 0.5) is 0 Å². The molecular formula is C18H26ClN3O3S. The van der Waals surface area contributed by atoms with E-state index in [-0.39, 0.29) is 12.1 Å². The van der Waals surface area contributed by atoms with E-state index < -0.39 is 10.0 Å². The van der Waals surface area contributed by atoms with E-state index in [4.69, 9.17) is 16.4 Å². The van der Waals surface area contributed by atoms with Gasteiger partial charge in [0.1, 0.15) is 6.10 Å². The normalized spacial score (nSPS) is 22.5. The van der Waals surface area contributed by atoms with Crippen molar-refractivity contribution in [1.29, 1.82) is 0 Å². The fourth-order valence-electron chi connectivity index (χ4n) is 3.78. The Labute approximate surface area is 160 Å². The summed E-state index contributed by atoms with van der Waals surface area (Å²) in [6.07, 6.45) is 3.85. The van der Waals surface area contributed by atoms with Gasteiger partial charge in [0, 0.05) is 30.6 Å². The predicted octanol–water partition coefficient (Wildman–Crippen LogP) is 2.58. The Bertz CT molecular complexity index is 743. The molecule has 1 atom stereocenters. The summed E-state index contributed by atoms with van der Waals surface area (Å²) in [5.74, 6) is 0. The topological polar surface area (TPSA) is 62.2 Å². The molecule has 2 aliphatic heterocycles. The van der Waals surface area contributed by atoms with E-state index in [1.807, 2.05) is 31.2 Å². The number of hydrogen-bond acceptors (Lipinski definition) is 5. The van der Waals surface area contributed by atoms with Gasteiger partial charge in [0.15, 0.2) is 0 Å². The SMILES string of the molecule is CCN(C1CCN(C[C@H]2CC(c3ccc(Cl)cc3)=NO2)CC1)S(C)(=O)=O. The van der Waals surface area contributed by atoms with E-state index in [1.165, 1.54) is 6.26 Å². The van der Waals surface area contributed by atoms with Gasteiger partial charge >= 0.3 is 0 Å². The van der Waals surface area contributed by atoms with Crippen LogP contribution >= 0.6 is 11.6 Å². The van der Waals surface area contributed by atoms with Crippen molar-refractivity contribution in [1.82, 2.24) is 9.21 Å². The van der Waals surface area contributed by atoms with Crippen molar-refractivity contribution in [3.63, 3.8) is 0 Å². The summed E-state index contributed by atoms with van der Waals surface area (Å²) < 4.78 is 25.4. The summed E-state index contributed by atoms with van der Waals surface area (Å²) in [4.78, 5) is 7.95. The van der Waals surface area contributed by atoms with Crippen molar-refractivity contribution in [2.45, 2.75) is 38.3 Å². The highest BCUT2D eigenvalue weighted by Crippen LogP contribution is 2.23. The van der Waals surface area contributed by atoms with E-state index in [0.29, 0.717) is 11.6 Å². The first kappa shape index (κ1) is 19.6. The van der Waals surface area contributed by atoms with E-state index in [0.717, 1.165) is 50.2 Å². The second-order valence-corrected chi connectivity index (χ2v) is 9.35. The number of rotatable bonds is 6. The lowest BCUT2D eigenvalue weighted by Crippen LogP contribution is -2.48. The number of piperidine rings is 1. The zero-order valence-electron chi connectivity index (χ0n) is 15.3. The second kappa shape index (κ2) is 8.25. The maximum absolute atomic E-state index is 11.9. The van der Waals surface area contributed by atoms with Crippen LogP contribution in [-0.4, -0.2) is 67.9 Å². The molecule has 0 N–H and O–H groups in total. The third-order valence-electron chi connectivity index (χ3n) is 5.07. The molecule has 26 heavy (non-hydrogen) atoms. The van der Waals surface area contributed by atoms with Crippen LogP contribution in [0.3, 0.4) is 0 Å². The summed E-state index contributed by atoms with van der Waals surface area (Å²) in [6.45, 7) is 5.01. The minimum absolute atomic E-state index is 0.0504. The quantitative estimate of drug-likeness (QED) is 0.737. The summed E-state index contributed by atoms with van der Waals surface area (Å²) in [7, 11) is -3.13.